The molecule has 0 aliphatic rings. The molecule has 0 aliphatic heterocycles. The van der Waals surface area contributed by atoms with E-state index in [1.165, 1.54) is 6.33 Å². The molecule has 2 aromatic heterocycles. The third-order valence-electron chi connectivity index (χ3n) is 2.08. The Bertz CT molecular complexity index is 517. The Morgan fingerprint density at radius 3 is 2.86 bits per heavy atom. The van der Waals surface area contributed by atoms with Gasteiger partial charge in [0.2, 0.25) is 0 Å². The lowest BCUT2D eigenvalue weighted by molar-refractivity contribution is 0.0692. The van der Waals surface area contributed by atoms with E-state index in [-0.39, 0.29) is 5.69 Å². The van der Waals surface area contributed by atoms with Gasteiger partial charge in [0, 0.05) is 7.05 Å². The van der Waals surface area contributed by atoms with Gasteiger partial charge in [-0.2, -0.15) is 0 Å². The molecule has 0 amide bonds. The van der Waals surface area contributed by atoms with E-state index in [1.54, 1.807) is 18.5 Å². The lowest BCUT2D eigenvalue weighted by Crippen LogP contribution is -2.02. The van der Waals surface area contributed by atoms with Gasteiger partial charge >= 0.3 is 5.97 Å². The smallest absolute Gasteiger partial charge is 0.356 e. The van der Waals surface area contributed by atoms with Crippen molar-refractivity contribution in [1.29, 1.82) is 0 Å². The van der Waals surface area contributed by atoms with Gasteiger partial charge in [-0.15, -0.1) is 0 Å². The highest BCUT2D eigenvalue weighted by Gasteiger charge is 2.15. The molecule has 0 unspecified atom stereocenters. The van der Waals surface area contributed by atoms with Gasteiger partial charge in [-0.05, 0) is 6.92 Å². The minimum atomic E-state index is -1.09. The van der Waals surface area contributed by atoms with Gasteiger partial charge in [0.1, 0.15) is 17.7 Å². The first-order valence-corrected chi connectivity index (χ1v) is 3.98. The Balaban J connectivity index is 2.88. The highest BCUT2D eigenvalue weighted by atomic mass is 16.4. The third-order valence-corrected chi connectivity index (χ3v) is 2.08. The van der Waals surface area contributed by atoms with Crippen molar-refractivity contribution in [2.45, 2.75) is 6.92 Å². The van der Waals surface area contributed by atoms with Crippen LogP contribution in [0.1, 0.15) is 16.3 Å². The van der Waals surface area contributed by atoms with E-state index in [4.69, 9.17) is 5.11 Å². The lowest BCUT2D eigenvalue weighted by atomic mass is 10.3. The van der Waals surface area contributed by atoms with Gasteiger partial charge in [-0.1, -0.05) is 0 Å². The SMILES string of the molecule is Cc1nc2c(C(=O)O)ncnc2n1C. The summed E-state index contributed by atoms with van der Waals surface area (Å²) < 4.78 is 1.73. The Morgan fingerprint density at radius 2 is 2.21 bits per heavy atom. The fraction of sp³-hybridized carbons (Fsp3) is 0.250. The van der Waals surface area contributed by atoms with Crippen molar-refractivity contribution in [2.75, 3.05) is 0 Å². The zero-order valence-corrected chi connectivity index (χ0v) is 7.72. The maximum Gasteiger partial charge on any atom is 0.356 e. The summed E-state index contributed by atoms with van der Waals surface area (Å²) in [5, 5.41) is 8.84. The van der Waals surface area contributed by atoms with Crippen LogP contribution in [0.15, 0.2) is 6.33 Å². The molecule has 0 atom stereocenters. The summed E-state index contributed by atoms with van der Waals surface area (Å²) >= 11 is 0. The minimum absolute atomic E-state index is 0.0568. The normalized spacial score (nSPS) is 10.7. The number of aryl methyl sites for hydroxylation is 2. The maximum atomic E-state index is 10.8. The van der Waals surface area contributed by atoms with E-state index in [0.717, 1.165) is 0 Å². The summed E-state index contributed by atoms with van der Waals surface area (Å²) in [7, 11) is 1.78. The molecule has 1 N–H and O–H groups in total. The summed E-state index contributed by atoms with van der Waals surface area (Å²) in [6, 6.07) is 0. The molecule has 0 aliphatic carbocycles. The van der Waals surface area contributed by atoms with E-state index in [0.29, 0.717) is 17.0 Å². The predicted octanol–water partition coefficient (Wildman–Crippen LogP) is 0.370. The van der Waals surface area contributed by atoms with Crippen molar-refractivity contribution in [3.05, 3.63) is 17.8 Å². The molecule has 0 radical (unpaired) electrons. The topological polar surface area (TPSA) is 80.9 Å². The van der Waals surface area contributed by atoms with Crippen molar-refractivity contribution in [1.82, 2.24) is 19.5 Å². The fourth-order valence-electron chi connectivity index (χ4n) is 1.26. The van der Waals surface area contributed by atoms with E-state index in [1.807, 2.05) is 0 Å². The summed E-state index contributed by atoms with van der Waals surface area (Å²) in [6.45, 7) is 1.79. The number of rotatable bonds is 1. The molecule has 0 bridgehead atoms. The van der Waals surface area contributed by atoms with Crippen LogP contribution in [0, 0.1) is 6.92 Å². The minimum Gasteiger partial charge on any atom is -0.476 e. The van der Waals surface area contributed by atoms with Crippen LogP contribution in [0.2, 0.25) is 0 Å². The van der Waals surface area contributed by atoms with Crippen LogP contribution in [0.3, 0.4) is 0 Å². The van der Waals surface area contributed by atoms with Crippen molar-refractivity contribution in [3.63, 3.8) is 0 Å². The molecule has 2 rings (SSSR count). The number of carboxylic acid groups (broad SMARTS) is 1. The van der Waals surface area contributed by atoms with E-state index >= 15 is 0 Å². The van der Waals surface area contributed by atoms with E-state index in [2.05, 4.69) is 15.0 Å². The van der Waals surface area contributed by atoms with Crippen LogP contribution in [-0.4, -0.2) is 30.6 Å². The molecule has 0 fully saturated rings. The molecule has 6 nitrogen and oxygen atoms in total. The standard InChI is InChI=1S/C8H8N4O2/c1-4-11-5-6(8(13)14)9-3-10-7(5)12(4)2/h3H,1-2H3,(H,13,14). The van der Waals surface area contributed by atoms with Gasteiger partial charge in [0.15, 0.2) is 11.3 Å². The molecule has 0 aromatic carbocycles. The van der Waals surface area contributed by atoms with Crippen molar-refractivity contribution >= 4 is 17.1 Å². The Hall–Kier alpha value is -1.98. The van der Waals surface area contributed by atoms with Gasteiger partial charge in [-0.3, -0.25) is 0 Å². The average molecular weight is 192 g/mol. The molecular weight excluding hydrogens is 184 g/mol. The molecule has 6 heteroatoms. The number of nitrogens with zero attached hydrogens (tertiary/aromatic N) is 4. The maximum absolute atomic E-state index is 10.8. The predicted molar refractivity (Wildman–Crippen MR) is 48.0 cm³/mol. The number of aromatic nitrogens is 4. The van der Waals surface area contributed by atoms with Crippen molar-refractivity contribution in [2.24, 2.45) is 7.05 Å². The van der Waals surface area contributed by atoms with Gasteiger partial charge < -0.3 is 9.67 Å². The monoisotopic (exact) mass is 192 g/mol. The largest absolute Gasteiger partial charge is 0.476 e. The summed E-state index contributed by atoms with van der Waals surface area (Å²) in [5.41, 5.74) is 0.814. The van der Waals surface area contributed by atoms with Crippen LogP contribution in [0.25, 0.3) is 11.2 Å². The van der Waals surface area contributed by atoms with Gasteiger partial charge in [-0.25, -0.2) is 19.7 Å². The van der Waals surface area contributed by atoms with Crippen LogP contribution in [0.5, 0.6) is 0 Å². The van der Waals surface area contributed by atoms with Crippen LogP contribution < -0.4 is 0 Å². The van der Waals surface area contributed by atoms with E-state index in [9.17, 15) is 4.79 Å². The molecule has 2 heterocycles. The van der Waals surface area contributed by atoms with Crippen LogP contribution in [0.4, 0.5) is 0 Å². The Kier molecular flexibility index (Phi) is 1.70. The molecular formula is C8H8N4O2. The number of hydrogen-bond acceptors (Lipinski definition) is 4. The first-order chi connectivity index (χ1) is 6.61. The second-order valence-electron chi connectivity index (χ2n) is 2.92. The third kappa shape index (κ3) is 1.04. The lowest BCUT2D eigenvalue weighted by Gasteiger charge is -1.95. The first-order valence-electron chi connectivity index (χ1n) is 3.98. The first kappa shape index (κ1) is 8.61. The zero-order chi connectivity index (χ0) is 10.3. The van der Waals surface area contributed by atoms with Crippen molar-refractivity contribution in [3.8, 4) is 0 Å². The fourth-order valence-corrected chi connectivity index (χ4v) is 1.26. The van der Waals surface area contributed by atoms with Crippen LogP contribution >= 0.6 is 0 Å². The average Bonchev–Trinajstić information content (AvgIpc) is 2.43. The highest BCUT2D eigenvalue weighted by molar-refractivity contribution is 5.97. The molecule has 14 heavy (non-hydrogen) atoms. The Morgan fingerprint density at radius 1 is 1.50 bits per heavy atom. The molecule has 0 spiro atoms. The Labute approximate surface area is 79.2 Å². The van der Waals surface area contributed by atoms with Crippen molar-refractivity contribution < 1.29 is 9.90 Å². The highest BCUT2D eigenvalue weighted by Crippen LogP contribution is 2.14. The molecule has 0 saturated carbocycles. The second kappa shape index (κ2) is 2.76. The second-order valence-corrected chi connectivity index (χ2v) is 2.92. The number of hydrogen-bond donors (Lipinski definition) is 1. The number of carbonyl (C=O) groups is 1. The van der Waals surface area contributed by atoms with Gasteiger partial charge in [0.05, 0.1) is 0 Å². The summed E-state index contributed by atoms with van der Waals surface area (Å²) in [6.07, 6.45) is 1.23. The van der Waals surface area contributed by atoms with Crippen LogP contribution in [-0.2, 0) is 7.05 Å². The number of carboxylic acids is 1. The van der Waals surface area contributed by atoms with Gasteiger partial charge in [0.25, 0.3) is 0 Å². The number of imidazole rings is 1. The quantitative estimate of drug-likeness (QED) is 0.705. The number of fused-ring (bicyclic) bond motifs is 1. The molecule has 72 valence electrons. The summed E-state index contributed by atoms with van der Waals surface area (Å²) in [5.74, 6) is -0.376. The zero-order valence-electron chi connectivity index (χ0n) is 7.72. The summed E-state index contributed by atoms with van der Waals surface area (Å²) in [4.78, 5) is 22.5. The molecule has 2 aromatic rings. The van der Waals surface area contributed by atoms with E-state index < -0.39 is 5.97 Å². The number of aromatic carboxylic acids is 1. The molecule has 0 saturated heterocycles.